The first-order chi connectivity index (χ1) is 10.0. The van der Waals surface area contributed by atoms with Crippen molar-refractivity contribution in [1.82, 2.24) is 0 Å². The molecule has 0 fully saturated rings. The van der Waals surface area contributed by atoms with Gasteiger partial charge in [0.25, 0.3) is 5.91 Å². The normalized spacial score (nSPS) is 10.0. The summed E-state index contributed by atoms with van der Waals surface area (Å²) in [6.07, 6.45) is 0. The molecule has 0 radical (unpaired) electrons. The van der Waals surface area contributed by atoms with Crippen LogP contribution in [0.1, 0.15) is 10.4 Å². The van der Waals surface area contributed by atoms with E-state index in [0.717, 1.165) is 3.57 Å². The number of benzene rings is 2. The van der Waals surface area contributed by atoms with E-state index in [1.807, 2.05) is 6.07 Å². The predicted molar refractivity (Wildman–Crippen MR) is 84.5 cm³/mol. The van der Waals surface area contributed by atoms with Gasteiger partial charge in [-0.2, -0.15) is 0 Å². The van der Waals surface area contributed by atoms with Crippen LogP contribution >= 0.6 is 22.6 Å². The zero-order valence-corrected chi connectivity index (χ0v) is 13.0. The van der Waals surface area contributed by atoms with E-state index in [1.165, 1.54) is 24.3 Å². The van der Waals surface area contributed by atoms with Gasteiger partial charge in [-0.15, -0.1) is 0 Å². The fourth-order valence-corrected chi connectivity index (χ4v) is 2.10. The van der Waals surface area contributed by atoms with E-state index in [9.17, 15) is 14.0 Å². The molecule has 0 heterocycles. The number of rotatable bonds is 4. The molecular formula is C15H11FINO3. The van der Waals surface area contributed by atoms with Crippen molar-refractivity contribution in [2.75, 3.05) is 11.9 Å². The van der Waals surface area contributed by atoms with Gasteiger partial charge in [0, 0.05) is 9.26 Å². The van der Waals surface area contributed by atoms with Crippen molar-refractivity contribution >= 4 is 40.2 Å². The molecule has 0 aromatic heterocycles. The maximum atomic E-state index is 12.7. The molecule has 2 rings (SSSR count). The molecule has 6 heteroatoms. The minimum Gasteiger partial charge on any atom is -0.452 e. The summed E-state index contributed by atoms with van der Waals surface area (Å²) in [7, 11) is 0. The molecule has 0 aliphatic carbocycles. The summed E-state index contributed by atoms with van der Waals surface area (Å²) in [5.41, 5.74) is 0.822. The van der Waals surface area contributed by atoms with Gasteiger partial charge in [-0.1, -0.05) is 6.07 Å². The van der Waals surface area contributed by atoms with Gasteiger partial charge in [-0.3, -0.25) is 4.79 Å². The third kappa shape index (κ3) is 4.82. The summed E-state index contributed by atoms with van der Waals surface area (Å²) < 4.78 is 18.5. The molecule has 108 valence electrons. The number of nitrogens with one attached hydrogen (secondary N) is 1. The van der Waals surface area contributed by atoms with Crippen LogP contribution in [0.2, 0.25) is 0 Å². The first kappa shape index (κ1) is 15.4. The number of hydrogen-bond acceptors (Lipinski definition) is 3. The van der Waals surface area contributed by atoms with Crippen LogP contribution in [-0.4, -0.2) is 18.5 Å². The Balaban J connectivity index is 1.86. The summed E-state index contributed by atoms with van der Waals surface area (Å²) in [6.45, 7) is -0.401. The molecule has 0 saturated heterocycles. The van der Waals surface area contributed by atoms with Crippen molar-refractivity contribution in [2.24, 2.45) is 0 Å². The number of ether oxygens (including phenoxy) is 1. The highest BCUT2D eigenvalue weighted by molar-refractivity contribution is 14.1. The topological polar surface area (TPSA) is 55.4 Å². The van der Waals surface area contributed by atoms with Crippen LogP contribution in [0.5, 0.6) is 0 Å². The van der Waals surface area contributed by atoms with Gasteiger partial charge in [0.05, 0.1) is 5.56 Å². The van der Waals surface area contributed by atoms with E-state index < -0.39 is 24.3 Å². The Morgan fingerprint density at radius 3 is 2.52 bits per heavy atom. The Bertz CT molecular complexity index is 658. The molecule has 1 N–H and O–H groups in total. The van der Waals surface area contributed by atoms with Crippen LogP contribution in [0.25, 0.3) is 0 Å². The highest BCUT2D eigenvalue weighted by Gasteiger charge is 2.10. The second-order valence-corrected chi connectivity index (χ2v) is 5.39. The van der Waals surface area contributed by atoms with Gasteiger partial charge in [0.1, 0.15) is 5.82 Å². The third-order valence-corrected chi connectivity index (χ3v) is 3.19. The molecule has 2 aromatic carbocycles. The number of carbonyl (C=O) groups is 2. The second-order valence-electron chi connectivity index (χ2n) is 4.14. The lowest BCUT2D eigenvalue weighted by molar-refractivity contribution is -0.119. The zero-order chi connectivity index (χ0) is 15.2. The van der Waals surface area contributed by atoms with Gasteiger partial charge < -0.3 is 10.1 Å². The Hall–Kier alpha value is -1.96. The Morgan fingerprint density at radius 2 is 1.86 bits per heavy atom. The van der Waals surface area contributed by atoms with Gasteiger partial charge in [-0.25, -0.2) is 9.18 Å². The van der Waals surface area contributed by atoms with Gasteiger partial charge in [0.2, 0.25) is 0 Å². The molecule has 1 amide bonds. The smallest absolute Gasteiger partial charge is 0.338 e. The number of anilines is 1. The Morgan fingerprint density at radius 1 is 1.14 bits per heavy atom. The van der Waals surface area contributed by atoms with Crippen LogP contribution in [0.4, 0.5) is 10.1 Å². The van der Waals surface area contributed by atoms with E-state index in [0.29, 0.717) is 11.3 Å². The fraction of sp³-hybridized carbons (Fsp3) is 0.0667. The van der Waals surface area contributed by atoms with Crippen LogP contribution < -0.4 is 5.32 Å². The summed E-state index contributed by atoms with van der Waals surface area (Å²) in [5.74, 6) is -1.44. The van der Waals surface area contributed by atoms with Gasteiger partial charge in [0.15, 0.2) is 6.61 Å². The number of esters is 1. The molecule has 0 saturated carbocycles. The Labute approximate surface area is 134 Å². The minimum absolute atomic E-state index is 0.386. The maximum absolute atomic E-state index is 12.7. The predicted octanol–water partition coefficient (Wildman–Crippen LogP) is 3.23. The summed E-state index contributed by atoms with van der Waals surface area (Å²) >= 11 is 2.08. The third-order valence-electron chi connectivity index (χ3n) is 2.52. The number of halogens is 2. The van der Waals surface area contributed by atoms with E-state index in [1.54, 1.807) is 18.2 Å². The zero-order valence-electron chi connectivity index (χ0n) is 10.8. The molecule has 21 heavy (non-hydrogen) atoms. The second kappa shape index (κ2) is 7.16. The maximum Gasteiger partial charge on any atom is 0.338 e. The van der Waals surface area contributed by atoms with Crippen LogP contribution in [0, 0.1) is 9.39 Å². The van der Waals surface area contributed by atoms with Crippen LogP contribution in [0.15, 0.2) is 48.5 Å². The lowest BCUT2D eigenvalue weighted by atomic mass is 10.2. The van der Waals surface area contributed by atoms with Crippen molar-refractivity contribution < 1.29 is 18.7 Å². The summed E-state index contributed by atoms with van der Waals surface area (Å²) in [5, 5.41) is 2.50. The van der Waals surface area contributed by atoms with Crippen LogP contribution in [0.3, 0.4) is 0 Å². The molecule has 0 aliphatic heterocycles. The average molecular weight is 399 g/mol. The minimum atomic E-state index is -0.567. The molecule has 0 spiro atoms. The molecular weight excluding hydrogens is 388 g/mol. The number of amides is 1. The highest BCUT2D eigenvalue weighted by atomic mass is 127. The highest BCUT2D eigenvalue weighted by Crippen LogP contribution is 2.10. The van der Waals surface area contributed by atoms with Crippen molar-refractivity contribution in [3.8, 4) is 0 Å². The van der Waals surface area contributed by atoms with E-state index in [-0.39, 0.29) is 0 Å². The Kier molecular flexibility index (Phi) is 5.26. The summed E-state index contributed by atoms with van der Waals surface area (Å²) in [4.78, 5) is 23.4. The molecule has 0 aliphatic rings. The van der Waals surface area contributed by atoms with E-state index in [4.69, 9.17) is 4.74 Å². The van der Waals surface area contributed by atoms with Crippen molar-refractivity contribution in [1.29, 1.82) is 0 Å². The first-order valence-electron chi connectivity index (χ1n) is 6.03. The molecule has 4 nitrogen and oxygen atoms in total. The van der Waals surface area contributed by atoms with Crippen molar-refractivity contribution in [2.45, 2.75) is 0 Å². The number of hydrogen-bond donors (Lipinski definition) is 1. The van der Waals surface area contributed by atoms with Gasteiger partial charge >= 0.3 is 5.97 Å². The van der Waals surface area contributed by atoms with Crippen molar-refractivity contribution in [3.05, 3.63) is 63.5 Å². The molecule has 0 atom stereocenters. The lowest BCUT2D eigenvalue weighted by Gasteiger charge is -2.06. The standard InChI is InChI=1S/C15H11FINO3/c16-11-4-6-13(7-5-11)18-14(19)9-21-15(20)10-2-1-3-12(17)8-10/h1-8H,9H2,(H,18,19). The molecule has 0 unspecified atom stereocenters. The largest absolute Gasteiger partial charge is 0.452 e. The van der Waals surface area contributed by atoms with E-state index >= 15 is 0 Å². The average Bonchev–Trinajstić information content (AvgIpc) is 2.47. The summed E-state index contributed by atoms with van der Waals surface area (Å²) in [6, 6.07) is 12.2. The monoisotopic (exact) mass is 399 g/mol. The lowest BCUT2D eigenvalue weighted by Crippen LogP contribution is -2.20. The molecule has 0 bridgehead atoms. The van der Waals surface area contributed by atoms with E-state index in [2.05, 4.69) is 27.9 Å². The quantitative estimate of drug-likeness (QED) is 0.635. The van der Waals surface area contributed by atoms with Crippen molar-refractivity contribution in [3.63, 3.8) is 0 Å². The SMILES string of the molecule is O=C(COC(=O)c1cccc(I)c1)Nc1ccc(F)cc1. The first-order valence-corrected chi connectivity index (χ1v) is 7.10. The van der Waals surface area contributed by atoms with Gasteiger partial charge in [-0.05, 0) is 65.1 Å². The number of carbonyl (C=O) groups excluding carboxylic acids is 2. The molecule has 2 aromatic rings. The fourth-order valence-electron chi connectivity index (χ4n) is 1.56. The van der Waals surface area contributed by atoms with Crippen LogP contribution in [-0.2, 0) is 9.53 Å².